The minimum absolute atomic E-state index is 0.340. The number of aromatic amines is 1. The molecule has 8 heteroatoms. The van der Waals surface area contributed by atoms with Crippen LogP contribution in [0.3, 0.4) is 0 Å². The number of hydrogen-bond acceptors (Lipinski definition) is 5. The second-order valence-electron chi connectivity index (χ2n) is 7.37. The summed E-state index contributed by atoms with van der Waals surface area (Å²) in [6.45, 7) is 0.839. The van der Waals surface area contributed by atoms with Gasteiger partial charge in [0, 0.05) is 22.2 Å². The number of aryl methyl sites for hydroxylation is 1. The molecule has 2 N–H and O–H groups in total. The van der Waals surface area contributed by atoms with Crippen LogP contribution >= 0.6 is 0 Å². The molecule has 1 aromatic heterocycles. The number of rotatable bonds is 5. The Balaban J connectivity index is 1.39. The van der Waals surface area contributed by atoms with Crippen LogP contribution in [0.4, 0.5) is 4.79 Å². The van der Waals surface area contributed by atoms with E-state index in [1.165, 1.54) is 0 Å². The Kier molecular flexibility index (Phi) is 4.41. The van der Waals surface area contributed by atoms with E-state index in [0.29, 0.717) is 24.1 Å². The summed E-state index contributed by atoms with van der Waals surface area (Å²) in [6.07, 6.45) is 2.90. The van der Waals surface area contributed by atoms with E-state index in [1.807, 2.05) is 24.3 Å². The van der Waals surface area contributed by atoms with Crippen LogP contribution in [0.15, 0.2) is 24.3 Å². The third-order valence-electron chi connectivity index (χ3n) is 5.53. The molecule has 2 aliphatic rings. The lowest BCUT2D eigenvalue weighted by molar-refractivity contribution is -0.146. The fourth-order valence-corrected chi connectivity index (χ4v) is 4.17. The average Bonchev–Trinajstić information content (AvgIpc) is 3.33. The van der Waals surface area contributed by atoms with E-state index < -0.39 is 30.7 Å². The number of hydrogen-bond donors (Lipinski definition) is 2. The molecule has 1 aromatic carbocycles. The maximum Gasteiger partial charge on any atom is 0.326 e. The first-order chi connectivity index (χ1) is 13.4. The number of carbonyl (C=O) groups excluding carboxylic acids is 4. The van der Waals surface area contributed by atoms with Gasteiger partial charge in [-0.1, -0.05) is 31.0 Å². The van der Waals surface area contributed by atoms with Crippen LogP contribution in [0.5, 0.6) is 0 Å². The number of ketones is 1. The zero-order valence-corrected chi connectivity index (χ0v) is 15.5. The van der Waals surface area contributed by atoms with Gasteiger partial charge in [-0.25, -0.2) is 4.79 Å². The van der Waals surface area contributed by atoms with Gasteiger partial charge in [-0.3, -0.25) is 19.3 Å². The molecule has 3 amide bonds. The summed E-state index contributed by atoms with van der Waals surface area (Å²) >= 11 is 0. The smallest absolute Gasteiger partial charge is 0.326 e. The van der Waals surface area contributed by atoms with Gasteiger partial charge in [0.2, 0.25) is 5.78 Å². The monoisotopic (exact) mass is 383 g/mol. The first-order valence-electron chi connectivity index (χ1n) is 9.31. The third kappa shape index (κ3) is 2.94. The molecule has 1 saturated carbocycles. The second-order valence-corrected chi connectivity index (χ2v) is 7.37. The number of benzene rings is 1. The van der Waals surface area contributed by atoms with E-state index in [9.17, 15) is 19.2 Å². The lowest BCUT2D eigenvalue weighted by atomic mass is 9.98. The Labute approximate surface area is 161 Å². The van der Waals surface area contributed by atoms with E-state index in [1.54, 1.807) is 6.92 Å². The molecule has 28 heavy (non-hydrogen) atoms. The van der Waals surface area contributed by atoms with Crippen molar-refractivity contribution in [1.82, 2.24) is 15.2 Å². The Bertz CT molecular complexity index is 987. The first-order valence-corrected chi connectivity index (χ1v) is 9.31. The SMILES string of the molecule is Cc1[nH]c2ccccc2c1C(=O)COC(=O)CN1C(=O)NC2(CCCC2)C1=O. The quantitative estimate of drug-likeness (QED) is 0.467. The highest BCUT2D eigenvalue weighted by atomic mass is 16.5. The van der Waals surface area contributed by atoms with Crippen LogP contribution in [0.25, 0.3) is 10.9 Å². The minimum atomic E-state index is -0.867. The van der Waals surface area contributed by atoms with E-state index in [2.05, 4.69) is 10.3 Å². The average molecular weight is 383 g/mol. The number of Topliss-reactive ketones (excluding diaryl/α,β-unsaturated/α-hetero) is 1. The highest BCUT2D eigenvalue weighted by Crippen LogP contribution is 2.34. The van der Waals surface area contributed by atoms with Gasteiger partial charge in [-0.05, 0) is 25.8 Å². The van der Waals surface area contributed by atoms with Crippen LogP contribution in [-0.4, -0.2) is 52.3 Å². The maximum absolute atomic E-state index is 12.6. The van der Waals surface area contributed by atoms with Crippen LogP contribution in [0, 0.1) is 6.92 Å². The minimum Gasteiger partial charge on any atom is -0.456 e. The van der Waals surface area contributed by atoms with Gasteiger partial charge in [-0.15, -0.1) is 0 Å². The third-order valence-corrected chi connectivity index (χ3v) is 5.53. The Morgan fingerprint density at radius 3 is 2.64 bits per heavy atom. The van der Waals surface area contributed by atoms with E-state index in [0.717, 1.165) is 28.6 Å². The van der Waals surface area contributed by atoms with Crippen LogP contribution in [-0.2, 0) is 14.3 Å². The fraction of sp³-hybridized carbons (Fsp3) is 0.400. The Morgan fingerprint density at radius 2 is 1.89 bits per heavy atom. The molecule has 2 aromatic rings. The summed E-state index contributed by atoms with van der Waals surface area (Å²) in [4.78, 5) is 53.4. The van der Waals surface area contributed by atoms with E-state index >= 15 is 0 Å². The number of esters is 1. The molecule has 1 aliphatic carbocycles. The second kappa shape index (κ2) is 6.78. The zero-order valence-electron chi connectivity index (χ0n) is 15.5. The highest BCUT2D eigenvalue weighted by Gasteiger charge is 2.52. The van der Waals surface area contributed by atoms with Crippen molar-refractivity contribution in [1.29, 1.82) is 0 Å². The van der Waals surface area contributed by atoms with Gasteiger partial charge in [-0.2, -0.15) is 0 Å². The topological polar surface area (TPSA) is 109 Å². The van der Waals surface area contributed by atoms with E-state index in [4.69, 9.17) is 4.74 Å². The van der Waals surface area contributed by atoms with Crippen LogP contribution in [0.1, 0.15) is 41.7 Å². The molecule has 8 nitrogen and oxygen atoms in total. The summed E-state index contributed by atoms with van der Waals surface area (Å²) in [5, 5.41) is 3.47. The molecule has 1 spiro atoms. The predicted octanol–water partition coefficient (Wildman–Crippen LogP) is 2.07. The number of nitrogens with one attached hydrogen (secondary N) is 2. The van der Waals surface area contributed by atoms with Crippen molar-refractivity contribution in [2.45, 2.75) is 38.1 Å². The molecule has 2 fully saturated rings. The molecule has 0 unspecified atom stereocenters. The van der Waals surface area contributed by atoms with Crippen molar-refractivity contribution in [3.05, 3.63) is 35.5 Å². The van der Waals surface area contributed by atoms with Crippen molar-refractivity contribution in [3.8, 4) is 0 Å². The van der Waals surface area contributed by atoms with Crippen molar-refractivity contribution in [2.24, 2.45) is 0 Å². The molecule has 1 aliphatic heterocycles. The molecule has 0 atom stereocenters. The number of ether oxygens (including phenoxy) is 1. The van der Waals surface area contributed by atoms with E-state index in [-0.39, 0.29) is 11.7 Å². The number of fused-ring (bicyclic) bond motifs is 1. The summed E-state index contributed by atoms with van der Waals surface area (Å²) < 4.78 is 5.06. The summed E-state index contributed by atoms with van der Waals surface area (Å²) in [7, 11) is 0. The highest BCUT2D eigenvalue weighted by molar-refractivity contribution is 6.11. The molecule has 0 radical (unpaired) electrons. The van der Waals surface area contributed by atoms with Gasteiger partial charge < -0.3 is 15.0 Å². The van der Waals surface area contributed by atoms with Gasteiger partial charge in [0.1, 0.15) is 12.1 Å². The number of nitrogens with zero attached hydrogens (tertiary/aromatic N) is 1. The molecule has 146 valence electrons. The molecule has 1 saturated heterocycles. The molecule has 4 rings (SSSR count). The number of H-pyrrole nitrogens is 1. The Morgan fingerprint density at radius 1 is 1.18 bits per heavy atom. The van der Waals surface area contributed by atoms with Crippen molar-refractivity contribution in [3.63, 3.8) is 0 Å². The van der Waals surface area contributed by atoms with Crippen molar-refractivity contribution in [2.75, 3.05) is 13.2 Å². The lowest BCUT2D eigenvalue weighted by Gasteiger charge is -2.19. The van der Waals surface area contributed by atoms with Crippen LogP contribution < -0.4 is 5.32 Å². The molecular formula is C20H21N3O5. The largest absolute Gasteiger partial charge is 0.456 e. The van der Waals surface area contributed by atoms with Gasteiger partial charge >= 0.3 is 12.0 Å². The normalized spacial score (nSPS) is 18.1. The number of amides is 3. The zero-order chi connectivity index (χ0) is 19.9. The Hall–Kier alpha value is -3.16. The molecule has 2 heterocycles. The number of imide groups is 1. The number of para-hydroxylation sites is 1. The maximum atomic E-state index is 12.6. The van der Waals surface area contributed by atoms with Gasteiger partial charge in [0.25, 0.3) is 5.91 Å². The fourth-order valence-electron chi connectivity index (χ4n) is 4.17. The predicted molar refractivity (Wildman–Crippen MR) is 99.8 cm³/mol. The lowest BCUT2D eigenvalue weighted by Crippen LogP contribution is -2.44. The number of urea groups is 1. The van der Waals surface area contributed by atoms with Crippen molar-refractivity contribution < 1.29 is 23.9 Å². The van der Waals surface area contributed by atoms with Crippen molar-refractivity contribution >= 4 is 34.6 Å². The number of aromatic nitrogens is 1. The first kappa shape index (κ1) is 18.2. The van der Waals surface area contributed by atoms with Gasteiger partial charge in [0.05, 0.1) is 0 Å². The summed E-state index contributed by atoms with van der Waals surface area (Å²) in [5.74, 6) is -1.51. The number of carbonyl (C=O) groups is 4. The molecular weight excluding hydrogens is 362 g/mol. The van der Waals surface area contributed by atoms with Gasteiger partial charge in [0.15, 0.2) is 6.61 Å². The standard InChI is InChI=1S/C20H21N3O5/c1-12-17(13-6-2-3-7-14(13)21-12)15(24)11-28-16(25)10-23-18(26)20(22-19(23)27)8-4-5-9-20/h2-3,6-7,21H,4-5,8-11H2,1H3,(H,22,27). The summed E-state index contributed by atoms with van der Waals surface area (Å²) in [6, 6.07) is 6.79. The van der Waals surface area contributed by atoms with Crippen LogP contribution in [0.2, 0.25) is 0 Å². The summed E-state index contributed by atoms with van der Waals surface area (Å²) in [5.41, 5.74) is 1.13. The molecule has 0 bridgehead atoms.